The fourth-order valence-corrected chi connectivity index (χ4v) is 2.42. The molecule has 3 rings (SSSR count). The van der Waals surface area contributed by atoms with E-state index in [1.54, 1.807) is 18.2 Å². The zero-order valence-electron chi connectivity index (χ0n) is 12.4. The van der Waals surface area contributed by atoms with E-state index in [4.69, 9.17) is 0 Å². The molecule has 0 aliphatic heterocycles. The van der Waals surface area contributed by atoms with Gasteiger partial charge in [-0.1, -0.05) is 46.3 Å². The van der Waals surface area contributed by atoms with Crippen molar-refractivity contribution in [2.24, 2.45) is 5.10 Å². The van der Waals surface area contributed by atoms with Gasteiger partial charge in [-0.3, -0.25) is 9.89 Å². The average Bonchev–Trinajstić information content (AvgIpc) is 3.09. The summed E-state index contributed by atoms with van der Waals surface area (Å²) >= 11 is 3.31. The number of carbonyl (C=O) groups is 1. The van der Waals surface area contributed by atoms with Crippen molar-refractivity contribution in [3.63, 3.8) is 0 Å². The van der Waals surface area contributed by atoms with Gasteiger partial charge in [0, 0.05) is 15.6 Å². The van der Waals surface area contributed by atoms with Crippen molar-refractivity contribution in [3.05, 3.63) is 70.3 Å². The number of halogens is 1. The third-order valence-electron chi connectivity index (χ3n) is 3.25. The van der Waals surface area contributed by atoms with E-state index >= 15 is 0 Å². The lowest BCUT2D eigenvalue weighted by Gasteiger charge is -1.99. The molecule has 1 amide bonds. The van der Waals surface area contributed by atoms with Crippen molar-refractivity contribution < 1.29 is 9.90 Å². The fourth-order valence-electron chi connectivity index (χ4n) is 2.04. The number of nitrogens with zero attached hydrogens (tertiary/aromatic N) is 2. The van der Waals surface area contributed by atoms with Gasteiger partial charge >= 0.3 is 0 Å². The molecule has 2 aromatic carbocycles. The second kappa shape index (κ2) is 7.10. The Balaban J connectivity index is 1.68. The number of aromatic nitrogens is 2. The summed E-state index contributed by atoms with van der Waals surface area (Å²) in [5, 5.41) is 20.4. The number of nitrogens with one attached hydrogen (secondary N) is 2. The van der Waals surface area contributed by atoms with Gasteiger partial charge in [-0.05, 0) is 24.3 Å². The van der Waals surface area contributed by atoms with Crippen LogP contribution < -0.4 is 5.43 Å². The second-order valence-electron chi connectivity index (χ2n) is 4.94. The number of aromatic hydroxyl groups is 1. The molecule has 0 saturated heterocycles. The number of phenols is 1. The minimum atomic E-state index is -0.421. The van der Waals surface area contributed by atoms with E-state index in [0.717, 1.165) is 10.0 Å². The smallest absolute Gasteiger partial charge is 0.289 e. The Labute approximate surface area is 146 Å². The molecule has 1 aromatic heterocycles. The molecular formula is C17H13BrN4O2. The maximum Gasteiger partial charge on any atom is 0.289 e. The van der Waals surface area contributed by atoms with Gasteiger partial charge in [0.15, 0.2) is 0 Å². The summed E-state index contributed by atoms with van der Waals surface area (Å²) in [6.45, 7) is 0. The molecule has 3 aromatic rings. The van der Waals surface area contributed by atoms with Crippen molar-refractivity contribution >= 4 is 28.1 Å². The Kier molecular flexibility index (Phi) is 4.72. The molecule has 0 spiro atoms. The number of aromatic amines is 1. The van der Waals surface area contributed by atoms with E-state index < -0.39 is 5.91 Å². The van der Waals surface area contributed by atoms with Crippen LogP contribution in [-0.2, 0) is 0 Å². The summed E-state index contributed by atoms with van der Waals surface area (Å²) in [7, 11) is 0. The van der Waals surface area contributed by atoms with Crippen LogP contribution in [0.2, 0.25) is 0 Å². The maximum atomic E-state index is 12.1. The minimum absolute atomic E-state index is 0.0732. The molecule has 0 radical (unpaired) electrons. The highest BCUT2D eigenvalue weighted by Gasteiger charge is 2.10. The van der Waals surface area contributed by atoms with Crippen LogP contribution in [0.5, 0.6) is 5.75 Å². The number of H-pyrrole nitrogens is 1. The van der Waals surface area contributed by atoms with Crippen LogP contribution in [0.25, 0.3) is 11.3 Å². The average molecular weight is 385 g/mol. The van der Waals surface area contributed by atoms with Crippen molar-refractivity contribution in [3.8, 4) is 17.0 Å². The van der Waals surface area contributed by atoms with Gasteiger partial charge < -0.3 is 5.11 Å². The van der Waals surface area contributed by atoms with E-state index in [9.17, 15) is 9.90 Å². The lowest BCUT2D eigenvalue weighted by atomic mass is 10.1. The van der Waals surface area contributed by atoms with Crippen LogP contribution in [0.1, 0.15) is 16.1 Å². The maximum absolute atomic E-state index is 12.1. The SMILES string of the molecule is O=C(NN=Cc1cc(Br)ccc1O)c1cc(-c2ccccc2)n[nH]1. The molecule has 24 heavy (non-hydrogen) atoms. The van der Waals surface area contributed by atoms with E-state index in [2.05, 4.69) is 36.7 Å². The molecule has 0 bridgehead atoms. The number of hydrogen-bond donors (Lipinski definition) is 3. The van der Waals surface area contributed by atoms with Gasteiger partial charge in [-0.15, -0.1) is 0 Å². The molecule has 0 saturated carbocycles. The first-order valence-electron chi connectivity index (χ1n) is 7.06. The monoisotopic (exact) mass is 384 g/mol. The van der Waals surface area contributed by atoms with Crippen LogP contribution in [0.3, 0.4) is 0 Å². The highest BCUT2D eigenvalue weighted by Crippen LogP contribution is 2.20. The molecule has 0 aliphatic rings. The molecule has 0 fully saturated rings. The van der Waals surface area contributed by atoms with Gasteiger partial charge in [-0.2, -0.15) is 10.2 Å². The zero-order valence-corrected chi connectivity index (χ0v) is 14.0. The summed E-state index contributed by atoms with van der Waals surface area (Å²) in [4.78, 5) is 12.1. The molecule has 3 N–H and O–H groups in total. The second-order valence-corrected chi connectivity index (χ2v) is 5.85. The standard InChI is InChI=1S/C17H13BrN4O2/c18-13-6-7-16(23)12(8-13)10-19-22-17(24)15-9-14(20-21-15)11-4-2-1-3-5-11/h1-10,23H,(H,20,21)(H,22,24). The van der Waals surface area contributed by atoms with Crippen molar-refractivity contribution in [1.29, 1.82) is 0 Å². The Morgan fingerprint density at radius 2 is 2.00 bits per heavy atom. The van der Waals surface area contributed by atoms with E-state index in [-0.39, 0.29) is 5.75 Å². The first kappa shape index (κ1) is 15.9. The Morgan fingerprint density at radius 1 is 1.21 bits per heavy atom. The number of amides is 1. The van der Waals surface area contributed by atoms with Crippen LogP contribution >= 0.6 is 15.9 Å². The van der Waals surface area contributed by atoms with Gasteiger partial charge in [-0.25, -0.2) is 5.43 Å². The third-order valence-corrected chi connectivity index (χ3v) is 3.74. The molecule has 0 aliphatic carbocycles. The van der Waals surface area contributed by atoms with Gasteiger partial charge in [0.25, 0.3) is 5.91 Å². The normalized spacial score (nSPS) is 10.9. The van der Waals surface area contributed by atoms with E-state index in [0.29, 0.717) is 17.0 Å². The predicted octanol–water partition coefficient (Wildman–Crippen LogP) is 3.31. The number of hydrazone groups is 1. The predicted molar refractivity (Wildman–Crippen MR) is 94.9 cm³/mol. The van der Waals surface area contributed by atoms with Crippen molar-refractivity contribution in [2.75, 3.05) is 0 Å². The van der Waals surface area contributed by atoms with Crippen LogP contribution in [-0.4, -0.2) is 27.4 Å². The molecule has 0 unspecified atom stereocenters. The summed E-state index contributed by atoms with van der Waals surface area (Å²) in [5.74, 6) is -0.348. The molecule has 6 nitrogen and oxygen atoms in total. The van der Waals surface area contributed by atoms with Crippen molar-refractivity contribution in [1.82, 2.24) is 15.6 Å². The first-order chi connectivity index (χ1) is 11.6. The fraction of sp³-hybridized carbons (Fsp3) is 0. The largest absolute Gasteiger partial charge is 0.507 e. The minimum Gasteiger partial charge on any atom is -0.507 e. The number of benzene rings is 2. The summed E-state index contributed by atoms with van der Waals surface area (Å²) in [5.41, 5.74) is 4.76. The molecule has 1 heterocycles. The number of phenolic OH excluding ortho intramolecular Hbond substituents is 1. The number of rotatable bonds is 4. The molecule has 120 valence electrons. The Morgan fingerprint density at radius 3 is 2.79 bits per heavy atom. The van der Waals surface area contributed by atoms with Crippen LogP contribution in [0, 0.1) is 0 Å². The Bertz CT molecular complexity index is 891. The number of hydrogen-bond acceptors (Lipinski definition) is 4. The highest BCUT2D eigenvalue weighted by atomic mass is 79.9. The molecule has 0 atom stereocenters. The summed E-state index contributed by atoms with van der Waals surface area (Å²) < 4.78 is 0.800. The van der Waals surface area contributed by atoms with E-state index in [1.807, 2.05) is 30.3 Å². The summed E-state index contributed by atoms with van der Waals surface area (Å²) in [6, 6.07) is 16.1. The first-order valence-corrected chi connectivity index (χ1v) is 7.85. The lowest BCUT2D eigenvalue weighted by Crippen LogP contribution is -2.18. The quantitative estimate of drug-likeness (QED) is 0.476. The van der Waals surface area contributed by atoms with E-state index in [1.165, 1.54) is 12.3 Å². The Hall–Kier alpha value is -2.93. The van der Waals surface area contributed by atoms with Gasteiger partial charge in [0.2, 0.25) is 0 Å². The highest BCUT2D eigenvalue weighted by molar-refractivity contribution is 9.10. The lowest BCUT2D eigenvalue weighted by molar-refractivity contribution is 0.0950. The number of carbonyl (C=O) groups excluding carboxylic acids is 1. The van der Waals surface area contributed by atoms with Gasteiger partial charge in [0.1, 0.15) is 11.4 Å². The molecule has 7 heteroatoms. The topological polar surface area (TPSA) is 90.4 Å². The van der Waals surface area contributed by atoms with Crippen molar-refractivity contribution in [2.45, 2.75) is 0 Å². The zero-order chi connectivity index (χ0) is 16.9. The molecular weight excluding hydrogens is 372 g/mol. The third kappa shape index (κ3) is 3.69. The van der Waals surface area contributed by atoms with Crippen LogP contribution in [0.15, 0.2) is 64.2 Å². The van der Waals surface area contributed by atoms with Gasteiger partial charge in [0.05, 0.1) is 11.9 Å². The van der Waals surface area contributed by atoms with Crippen LogP contribution in [0.4, 0.5) is 0 Å². The summed E-state index contributed by atoms with van der Waals surface area (Å²) in [6.07, 6.45) is 1.37.